The highest BCUT2D eigenvalue weighted by Crippen LogP contribution is 2.24. The summed E-state index contributed by atoms with van der Waals surface area (Å²) in [6.07, 6.45) is 1.22. The Labute approximate surface area is 128 Å². The molecule has 118 valence electrons. The molecule has 2 N–H and O–H groups in total. The van der Waals surface area contributed by atoms with Crippen LogP contribution in [0.3, 0.4) is 0 Å². The topological polar surface area (TPSA) is 41.7 Å². The van der Waals surface area contributed by atoms with Crippen molar-refractivity contribution in [1.82, 2.24) is 9.80 Å². The van der Waals surface area contributed by atoms with Crippen LogP contribution in [-0.4, -0.2) is 55.7 Å². The van der Waals surface area contributed by atoms with E-state index in [2.05, 4.69) is 35.8 Å². The Balaban J connectivity index is 1.98. The predicted molar refractivity (Wildman–Crippen MR) is 87.7 cm³/mol. The fourth-order valence-electron chi connectivity index (χ4n) is 3.07. The Kier molecular flexibility index (Phi) is 6.03. The molecule has 0 bridgehead atoms. The van der Waals surface area contributed by atoms with E-state index in [1.807, 2.05) is 12.1 Å². The Morgan fingerprint density at radius 2 is 1.67 bits per heavy atom. The zero-order valence-corrected chi connectivity index (χ0v) is 13.6. The molecule has 1 saturated heterocycles. The smallest absolute Gasteiger partial charge is 0.118 e. The van der Waals surface area contributed by atoms with Crippen LogP contribution in [0.1, 0.15) is 31.9 Å². The van der Waals surface area contributed by atoms with Gasteiger partial charge in [-0.15, -0.1) is 0 Å². The van der Waals surface area contributed by atoms with Gasteiger partial charge in [-0.3, -0.25) is 9.80 Å². The highest BCUT2D eigenvalue weighted by molar-refractivity contribution is 5.29. The molecule has 1 aromatic carbocycles. The van der Waals surface area contributed by atoms with Crippen LogP contribution in [0, 0.1) is 0 Å². The third-order valence-electron chi connectivity index (χ3n) is 4.73. The SMILES string of the molecule is CCC(C)N1CCN(C(CN)c2ccc(OC)cc2)CC1. The van der Waals surface area contributed by atoms with Crippen LogP contribution < -0.4 is 10.5 Å². The number of hydrogen-bond donors (Lipinski definition) is 1. The molecule has 2 unspecified atom stereocenters. The van der Waals surface area contributed by atoms with E-state index < -0.39 is 0 Å². The second-order valence-electron chi connectivity index (χ2n) is 5.85. The number of nitrogens with zero attached hydrogens (tertiary/aromatic N) is 2. The van der Waals surface area contributed by atoms with Crippen molar-refractivity contribution in [3.63, 3.8) is 0 Å². The van der Waals surface area contributed by atoms with Gasteiger partial charge in [-0.05, 0) is 31.0 Å². The van der Waals surface area contributed by atoms with E-state index in [9.17, 15) is 0 Å². The van der Waals surface area contributed by atoms with Crippen molar-refractivity contribution in [3.8, 4) is 5.75 Å². The van der Waals surface area contributed by atoms with E-state index >= 15 is 0 Å². The van der Waals surface area contributed by atoms with Crippen LogP contribution in [0.5, 0.6) is 5.75 Å². The van der Waals surface area contributed by atoms with Gasteiger partial charge in [-0.1, -0.05) is 19.1 Å². The maximum absolute atomic E-state index is 6.04. The van der Waals surface area contributed by atoms with Crippen molar-refractivity contribution in [1.29, 1.82) is 0 Å². The summed E-state index contributed by atoms with van der Waals surface area (Å²) in [4.78, 5) is 5.10. The molecular formula is C17H29N3O. The van der Waals surface area contributed by atoms with Gasteiger partial charge in [0.1, 0.15) is 5.75 Å². The summed E-state index contributed by atoms with van der Waals surface area (Å²) in [5.74, 6) is 0.899. The highest BCUT2D eigenvalue weighted by atomic mass is 16.5. The molecule has 2 rings (SSSR count). The number of hydrogen-bond acceptors (Lipinski definition) is 4. The van der Waals surface area contributed by atoms with Crippen molar-refractivity contribution >= 4 is 0 Å². The fourth-order valence-corrected chi connectivity index (χ4v) is 3.07. The zero-order chi connectivity index (χ0) is 15.2. The molecule has 4 heteroatoms. The van der Waals surface area contributed by atoms with Crippen LogP contribution in [-0.2, 0) is 0 Å². The average Bonchev–Trinajstić information content (AvgIpc) is 2.56. The van der Waals surface area contributed by atoms with E-state index in [1.165, 1.54) is 12.0 Å². The summed E-state index contributed by atoms with van der Waals surface area (Å²) in [6.45, 7) is 9.71. The van der Waals surface area contributed by atoms with Gasteiger partial charge in [-0.2, -0.15) is 0 Å². The van der Waals surface area contributed by atoms with Gasteiger partial charge in [0.15, 0.2) is 0 Å². The molecule has 0 aliphatic carbocycles. The zero-order valence-electron chi connectivity index (χ0n) is 13.6. The third kappa shape index (κ3) is 3.96. The standard InChI is InChI=1S/C17H29N3O/c1-4-14(2)19-9-11-20(12-10-19)17(13-18)15-5-7-16(21-3)8-6-15/h5-8,14,17H,4,9-13,18H2,1-3H3. The number of methoxy groups -OCH3 is 1. The third-order valence-corrected chi connectivity index (χ3v) is 4.73. The Bertz CT molecular complexity index is 413. The molecule has 1 heterocycles. The van der Waals surface area contributed by atoms with Gasteiger partial charge < -0.3 is 10.5 Å². The minimum Gasteiger partial charge on any atom is -0.497 e. The van der Waals surface area contributed by atoms with Crippen molar-refractivity contribution in [2.75, 3.05) is 39.8 Å². The van der Waals surface area contributed by atoms with E-state index in [4.69, 9.17) is 10.5 Å². The first-order chi connectivity index (χ1) is 10.2. The van der Waals surface area contributed by atoms with Crippen LogP contribution in [0.25, 0.3) is 0 Å². The van der Waals surface area contributed by atoms with Gasteiger partial charge in [0.2, 0.25) is 0 Å². The van der Waals surface area contributed by atoms with Crippen molar-refractivity contribution in [2.45, 2.75) is 32.4 Å². The second kappa shape index (κ2) is 7.78. The minimum atomic E-state index is 0.315. The molecule has 21 heavy (non-hydrogen) atoms. The summed E-state index contributed by atoms with van der Waals surface area (Å²) in [5, 5.41) is 0. The molecule has 1 aliphatic rings. The highest BCUT2D eigenvalue weighted by Gasteiger charge is 2.25. The van der Waals surface area contributed by atoms with Crippen LogP contribution in [0.15, 0.2) is 24.3 Å². The number of benzene rings is 1. The van der Waals surface area contributed by atoms with E-state index in [1.54, 1.807) is 7.11 Å². The average molecular weight is 291 g/mol. The summed E-state index contributed by atoms with van der Waals surface area (Å²) in [6, 6.07) is 9.31. The summed E-state index contributed by atoms with van der Waals surface area (Å²) in [5.41, 5.74) is 7.33. The fraction of sp³-hybridized carbons (Fsp3) is 0.647. The van der Waals surface area contributed by atoms with Gasteiger partial charge >= 0.3 is 0 Å². The molecule has 2 atom stereocenters. The Morgan fingerprint density at radius 3 is 2.14 bits per heavy atom. The number of rotatable bonds is 6. The monoisotopic (exact) mass is 291 g/mol. The molecule has 4 nitrogen and oxygen atoms in total. The summed E-state index contributed by atoms with van der Waals surface area (Å²) < 4.78 is 5.23. The van der Waals surface area contributed by atoms with Gasteiger partial charge in [0.05, 0.1) is 7.11 Å². The lowest BCUT2D eigenvalue weighted by Gasteiger charge is -2.41. The maximum atomic E-state index is 6.04. The molecular weight excluding hydrogens is 262 g/mol. The molecule has 0 amide bonds. The molecule has 0 saturated carbocycles. The first kappa shape index (κ1) is 16.3. The molecule has 1 aliphatic heterocycles. The number of nitrogens with two attached hydrogens (primary N) is 1. The summed E-state index contributed by atoms with van der Waals surface area (Å²) in [7, 11) is 1.70. The summed E-state index contributed by atoms with van der Waals surface area (Å²) >= 11 is 0. The number of piperazine rings is 1. The lowest BCUT2D eigenvalue weighted by atomic mass is 10.0. The molecule has 1 aromatic rings. The van der Waals surface area contributed by atoms with Gasteiger partial charge in [0, 0.05) is 44.8 Å². The van der Waals surface area contributed by atoms with E-state index in [-0.39, 0.29) is 0 Å². The quantitative estimate of drug-likeness (QED) is 0.871. The van der Waals surface area contributed by atoms with Gasteiger partial charge in [-0.25, -0.2) is 0 Å². The number of ether oxygens (including phenoxy) is 1. The normalized spacial score (nSPS) is 20.2. The van der Waals surface area contributed by atoms with Crippen molar-refractivity contribution < 1.29 is 4.74 Å². The first-order valence-electron chi connectivity index (χ1n) is 8.01. The largest absolute Gasteiger partial charge is 0.497 e. The van der Waals surface area contributed by atoms with Crippen molar-refractivity contribution in [2.24, 2.45) is 5.73 Å². The lowest BCUT2D eigenvalue weighted by molar-refractivity contribution is 0.0743. The van der Waals surface area contributed by atoms with Crippen LogP contribution in [0.2, 0.25) is 0 Å². The van der Waals surface area contributed by atoms with E-state index in [0.717, 1.165) is 31.9 Å². The first-order valence-corrected chi connectivity index (χ1v) is 8.01. The van der Waals surface area contributed by atoms with Crippen LogP contribution >= 0.6 is 0 Å². The molecule has 0 spiro atoms. The van der Waals surface area contributed by atoms with Crippen molar-refractivity contribution in [3.05, 3.63) is 29.8 Å². The van der Waals surface area contributed by atoms with E-state index in [0.29, 0.717) is 18.6 Å². The maximum Gasteiger partial charge on any atom is 0.118 e. The Morgan fingerprint density at radius 1 is 1.10 bits per heavy atom. The molecule has 0 radical (unpaired) electrons. The van der Waals surface area contributed by atoms with Gasteiger partial charge in [0.25, 0.3) is 0 Å². The second-order valence-corrected chi connectivity index (χ2v) is 5.85. The Hall–Kier alpha value is -1.10. The minimum absolute atomic E-state index is 0.315. The lowest BCUT2D eigenvalue weighted by Crippen LogP contribution is -2.51. The molecule has 1 fully saturated rings. The predicted octanol–water partition coefficient (Wildman–Crippen LogP) is 2.11. The van der Waals surface area contributed by atoms with Crippen LogP contribution in [0.4, 0.5) is 0 Å². The molecule has 0 aromatic heterocycles.